The number of rotatable bonds is 39. The molecule has 0 aromatic carbocycles. The molecule has 10 heteroatoms. The largest absolute Gasteiger partial charge is 0.756 e. The SMILES string of the molecule is CCCC/C=C/C/C=C/CCCCCCCC(=O)OC[C@H](COP(=O)([O-])OCC[N+](C)(C)C)OC(=O)CCCCC/C=C/C/C=C/C/C=C/C/C=C/CCCCC. The highest BCUT2D eigenvalue weighted by Gasteiger charge is 2.21. The van der Waals surface area contributed by atoms with Crippen LogP contribution >= 0.6 is 7.82 Å². The van der Waals surface area contributed by atoms with Crippen LogP contribution in [0.5, 0.6) is 0 Å². The van der Waals surface area contributed by atoms with Crippen molar-refractivity contribution in [1.29, 1.82) is 0 Å². The molecule has 57 heavy (non-hydrogen) atoms. The third-order valence-corrected chi connectivity index (χ3v) is 9.91. The van der Waals surface area contributed by atoms with E-state index in [1.54, 1.807) is 0 Å². The predicted molar refractivity (Wildman–Crippen MR) is 236 cm³/mol. The number of phosphoric acid groups is 1. The number of ether oxygens (including phenoxy) is 2. The highest BCUT2D eigenvalue weighted by Crippen LogP contribution is 2.38. The number of likely N-dealkylation sites (N-methyl/N-ethyl adjacent to an activating group) is 1. The van der Waals surface area contributed by atoms with Crippen molar-refractivity contribution in [3.63, 3.8) is 0 Å². The molecule has 0 heterocycles. The van der Waals surface area contributed by atoms with Crippen LogP contribution in [-0.4, -0.2) is 70.0 Å². The van der Waals surface area contributed by atoms with E-state index in [2.05, 4.69) is 86.8 Å². The van der Waals surface area contributed by atoms with Crippen LogP contribution in [0.4, 0.5) is 0 Å². The van der Waals surface area contributed by atoms with Crippen LogP contribution in [-0.2, 0) is 32.7 Å². The second kappa shape index (κ2) is 38.9. The van der Waals surface area contributed by atoms with Crippen molar-refractivity contribution in [2.45, 2.75) is 168 Å². The quantitative estimate of drug-likeness (QED) is 0.0198. The number of quaternary nitrogens is 1. The molecule has 0 aromatic rings. The van der Waals surface area contributed by atoms with E-state index in [1.165, 1.54) is 38.5 Å². The predicted octanol–water partition coefficient (Wildman–Crippen LogP) is 12.0. The van der Waals surface area contributed by atoms with Gasteiger partial charge in [-0.1, -0.05) is 138 Å². The summed E-state index contributed by atoms with van der Waals surface area (Å²) in [6.07, 6.45) is 47.8. The molecular formula is C47H82NO8P. The third-order valence-electron chi connectivity index (χ3n) is 8.95. The molecule has 0 saturated carbocycles. The first-order chi connectivity index (χ1) is 27.5. The first-order valence-electron chi connectivity index (χ1n) is 22.1. The zero-order valence-corrected chi connectivity index (χ0v) is 37.7. The Morgan fingerprint density at radius 2 is 0.965 bits per heavy atom. The number of carbonyl (C=O) groups excluding carboxylic acids is 2. The number of hydrogen-bond donors (Lipinski definition) is 0. The molecule has 0 fully saturated rings. The number of nitrogens with zero attached hydrogens (tertiary/aromatic N) is 1. The Labute approximate surface area is 348 Å². The molecule has 0 amide bonds. The van der Waals surface area contributed by atoms with Gasteiger partial charge in [-0.05, 0) is 83.5 Å². The fourth-order valence-electron chi connectivity index (χ4n) is 5.42. The Morgan fingerprint density at radius 1 is 0.544 bits per heavy atom. The van der Waals surface area contributed by atoms with E-state index in [-0.39, 0.29) is 26.1 Å². The minimum Gasteiger partial charge on any atom is -0.756 e. The Balaban J connectivity index is 4.46. The molecule has 0 saturated heterocycles. The van der Waals surface area contributed by atoms with Crippen molar-refractivity contribution in [2.75, 3.05) is 47.5 Å². The molecule has 0 N–H and O–H groups in total. The van der Waals surface area contributed by atoms with Crippen LogP contribution in [0.15, 0.2) is 72.9 Å². The van der Waals surface area contributed by atoms with Gasteiger partial charge in [-0.25, -0.2) is 0 Å². The van der Waals surface area contributed by atoms with E-state index in [4.69, 9.17) is 18.5 Å². The summed E-state index contributed by atoms with van der Waals surface area (Å²) in [6.45, 7) is 4.08. The van der Waals surface area contributed by atoms with Crippen LogP contribution in [0.2, 0.25) is 0 Å². The van der Waals surface area contributed by atoms with E-state index < -0.39 is 32.5 Å². The van der Waals surface area contributed by atoms with Gasteiger partial charge in [0, 0.05) is 12.8 Å². The Hall–Kier alpha value is -2.55. The second-order valence-electron chi connectivity index (χ2n) is 15.7. The lowest BCUT2D eigenvalue weighted by molar-refractivity contribution is -0.870. The highest BCUT2D eigenvalue weighted by molar-refractivity contribution is 7.45. The summed E-state index contributed by atoms with van der Waals surface area (Å²) in [4.78, 5) is 37.5. The molecule has 9 nitrogen and oxygen atoms in total. The van der Waals surface area contributed by atoms with Crippen LogP contribution in [0.1, 0.15) is 162 Å². The van der Waals surface area contributed by atoms with Gasteiger partial charge in [-0.15, -0.1) is 0 Å². The molecular weight excluding hydrogens is 737 g/mol. The van der Waals surface area contributed by atoms with E-state index >= 15 is 0 Å². The smallest absolute Gasteiger partial charge is 0.306 e. The van der Waals surface area contributed by atoms with Gasteiger partial charge in [0.1, 0.15) is 19.8 Å². The lowest BCUT2D eigenvalue weighted by Gasteiger charge is -2.28. The highest BCUT2D eigenvalue weighted by atomic mass is 31.2. The summed E-state index contributed by atoms with van der Waals surface area (Å²) in [5, 5.41) is 0. The van der Waals surface area contributed by atoms with Crippen molar-refractivity contribution in [2.24, 2.45) is 0 Å². The fraction of sp³-hybridized carbons (Fsp3) is 0.702. The maximum absolute atomic E-state index is 12.7. The zero-order valence-electron chi connectivity index (χ0n) is 36.8. The van der Waals surface area contributed by atoms with Gasteiger partial charge in [0.25, 0.3) is 7.82 Å². The molecule has 0 aliphatic rings. The van der Waals surface area contributed by atoms with Crippen molar-refractivity contribution in [3.8, 4) is 0 Å². The molecule has 0 radical (unpaired) electrons. The van der Waals surface area contributed by atoms with Gasteiger partial charge in [0.15, 0.2) is 6.10 Å². The second-order valence-corrected chi connectivity index (χ2v) is 17.1. The number of phosphoric ester groups is 1. The third kappa shape index (κ3) is 42.9. The Bertz CT molecular complexity index is 1200. The molecule has 0 aliphatic carbocycles. The molecule has 0 rings (SSSR count). The Morgan fingerprint density at radius 3 is 1.47 bits per heavy atom. The lowest BCUT2D eigenvalue weighted by Crippen LogP contribution is -2.37. The minimum atomic E-state index is -4.64. The van der Waals surface area contributed by atoms with Crippen molar-refractivity contribution < 1.29 is 42.1 Å². The van der Waals surface area contributed by atoms with E-state index in [9.17, 15) is 19.0 Å². The summed E-state index contributed by atoms with van der Waals surface area (Å²) in [7, 11) is 1.12. The van der Waals surface area contributed by atoms with Gasteiger partial charge in [-0.3, -0.25) is 14.2 Å². The van der Waals surface area contributed by atoms with Gasteiger partial charge in [0.2, 0.25) is 0 Å². The van der Waals surface area contributed by atoms with E-state index in [1.807, 2.05) is 21.1 Å². The molecule has 0 spiro atoms. The molecule has 0 aromatic heterocycles. The van der Waals surface area contributed by atoms with Crippen LogP contribution < -0.4 is 4.89 Å². The van der Waals surface area contributed by atoms with Gasteiger partial charge in [0.05, 0.1) is 27.7 Å². The van der Waals surface area contributed by atoms with Gasteiger partial charge < -0.3 is 27.9 Å². The van der Waals surface area contributed by atoms with Crippen LogP contribution in [0, 0.1) is 0 Å². The number of hydrogen-bond acceptors (Lipinski definition) is 8. The molecule has 2 atom stereocenters. The standard InChI is InChI=1S/C47H82NO8P/c1-6-8-10-12-14-16-18-20-22-23-24-25-26-28-30-32-34-36-38-40-47(50)56-45(44-55-57(51,52)54-42-41-48(3,4)5)43-53-46(49)39-37-35-33-31-29-27-21-19-17-15-13-11-9-7-2/h13-16,19-22,24-25,28,30,45H,6-12,17-18,23,26-27,29,31-44H2,1-5H3/b15-13+,16-14+,21-19+,22-20+,25-24+,30-28+/t45-/m1/s1. The van der Waals surface area contributed by atoms with Crippen LogP contribution in [0.25, 0.3) is 0 Å². The van der Waals surface area contributed by atoms with Crippen molar-refractivity contribution >= 4 is 19.8 Å². The fourth-order valence-corrected chi connectivity index (χ4v) is 6.15. The molecule has 1 unspecified atom stereocenters. The number of esters is 2. The summed E-state index contributed by atoms with van der Waals surface area (Å²) in [6, 6.07) is 0. The van der Waals surface area contributed by atoms with Gasteiger partial charge >= 0.3 is 11.9 Å². The average Bonchev–Trinajstić information content (AvgIpc) is 3.16. The maximum atomic E-state index is 12.7. The number of unbranched alkanes of at least 4 members (excludes halogenated alkanes) is 13. The topological polar surface area (TPSA) is 111 Å². The monoisotopic (exact) mass is 820 g/mol. The maximum Gasteiger partial charge on any atom is 0.306 e. The summed E-state index contributed by atoms with van der Waals surface area (Å²) >= 11 is 0. The van der Waals surface area contributed by atoms with Crippen molar-refractivity contribution in [3.05, 3.63) is 72.9 Å². The summed E-state index contributed by atoms with van der Waals surface area (Å²) < 4.78 is 33.8. The zero-order chi connectivity index (χ0) is 42.1. The van der Waals surface area contributed by atoms with E-state index in [0.717, 1.165) is 83.5 Å². The lowest BCUT2D eigenvalue weighted by atomic mass is 10.1. The molecule has 0 bridgehead atoms. The summed E-state index contributed by atoms with van der Waals surface area (Å²) in [5.41, 5.74) is 0. The van der Waals surface area contributed by atoms with Crippen molar-refractivity contribution in [1.82, 2.24) is 0 Å². The molecule has 328 valence electrons. The van der Waals surface area contributed by atoms with Crippen LogP contribution in [0.3, 0.4) is 0 Å². The Kier molecular flexibility index (Phi) is 37.2. The first-order valence-corrected chi connectivity index (χ1v) is 23.6. The van der Waals surface area contributed by atoms with Gasteiger partial charge in [-0.2, -0.15) is 0 Å². The van der Waals surface area contributed by atoms with E-state index in [0.29, 0.717) is 23.9 Å². The average molecular weight is 820 g/mol. The minimum absolute atomic E-state index is 0.0434. The summed E-state index contributed by atoms with van der Waals surface area (Å²) in [5.74, 6) is -0.894. The first kappa shape index (κ1) is 54.5. The molecule has 0 aliphatic heterocycles. The number of carbonyl (C=O) groups is 2. The number of allylic oxidation sites excluding steroid dienone is 12. The normalized spacial score (nSPS) is 14.3.